The molecule has 0 fully saturated rings. The molecule has 10 heteroatoms. The second-order valence-electron chi connectivity index (χ2n) is 7.02. The number of rotatable bonds is 9. The first-order chi connectivity index (χ1) is 16.0. The predicted molar refractivity (Wildman–Crippen MR) is 123 cm³/mol. The van der Waals surface area contributed by atoms with Gasteiger partial charge in [-0.1, -0.05) is 29.1 Å². The van der Waals surface area contributed by atoms with E-state index in [2.05, 4.69) is 20.7 Å². The number of aromatic nitrogens is 4. The van der Waals surface area contributed by atoms with Crippen molar-refractivity contribution in [3.63, 3.8) is 0 Å². The molecule has 0 unspecified atom stereocenters. The molecule has 2 aromatic heterocycles. The Morgan fingerprint density at radius 2 is 1.97 bits per heavy atom. The maximum absolute atomic E-state index is 14.7. The minimum Gasteiger partial charge on any atom is -0.494 e. The number of hydrogen-bond donors (Lipinski definition) is 1. The van der Waals surface area contributed by atoms with Gasteiger partial charge >= 0.3 is 0 Å². The maximum Gasteiger partial charge on any atom is 0.226 e. The molecule has 170 valence electrons. The van der Waals surface area contributed by atoms with E-state index < -0.39 is 5.82 Å². The second kappa shape index (κ2) is 10.3. The summed E-state index contributed by atoms with van der Waals surface area (Å²) < 4.78 is 26.8. The summed E-state index contributed by atoms with van der Waals surface area (Å²) in [6.07, 6.45) is 0.207. The standard InChI is InChI=1S/C23H22FN5O3S/c1-3-31-17-10-8-16(9-11-17)22-26-27-23(29(22)19-7-5-4-6-18(19)24)33-13-12-21(30)25-20-14-15(2)32-28-20/h4-11,14H,3,12-13H2,1-2H3,(H,25,28,30). The van der Waals surface area contributed by atoms with Crippen LogP contribution in [0.4, 0.5) is 10.2 Å². The van der Waals surface area contributed by atoms with Gasteiger partial charge in [0.1, 0.15) is 17.3 Å². The Bertz CT molecular complexity index is 1240. The zero-order valence-corrected chi connectivity index (χ0v) is 18.9. The zero-order valence-electron chi connectivity index (χ0n) is 18.1. The molecule has 0 spiro atoms. The number of amides is 1. The SMILES string of the molecule is CCOc1ccc(-c2nnc(SCCC(=O)Nc3cc(C)on3)n2-c2ccccc2F)cc1. The maximum atomic E-state index is 14.7. The number of halogens is 1. The number of carbonyl (C=O) groups is 1. The van der Waals surface area contributed by atoms with Gasteiger partial charge in [0, 0.05) is 23.8 Å². The number of hydrogen-bond acceptors (Lipinski definition) is 7. The number of benzene rings is 2. The van der Waals surface area contributed by atoms with Crippen molar-refractivity contribution in [3.8, 4) is 22.8 Å². The molecule has 1 amide bonds. The number of aryl methyl sites for hydroxylation is 1. The van der Waals surface area contributed by atoms with Crippen LogP contribution < -0.4 is 10.1 Å². The van der Waals surface area contributed by atoms with Crippen LogP contribution in [-0.4, -0.2) is 38.2 Å². The molecule has 0 atom stereocenters. The third-order valence-corrected chi connectivity index (χ3v) is 5.54. The van der Waals surface area contributed by atoms with Crippen molar-refractivity contribution in [1.82, 2.24) is 19.9 Å². The van der Waals surface area contributed by atoms with Crippen molar-refractivity contribution in [3.05, 3.63) is 66.2 Å². The minimum atomic E-state index is -0.398. The molecule has 2 heterocycles. The van der Waals surface area contributed by atoms with Gasteiger partial charge < -0.3 is 14.6 Å². The van der Waals surface area contributed by atoms with E-state index in [-0.39, 0.29) is 12.3 Å². The van der Waals surface area contributed by atoms with E-state index >= 15 is 0 Å². The molecule has 0 aliphatic heterocycles. The predicted octanol–water partition coefficient (Wildman–Crippen LogP) is 4.89. The highest BCUT2D eigenvalue weighted by molar-refractivity contribution is 7.99. The number of carbonyl (C=O) groups excluding carboxylic acids is 1. The normalized spacial score (nSPS) is 10.9. The van der Waals surface area contributed by atoms with E-state index in [1.165, 1.54) is 17.8 Å². The van der Waals surface area contributed by atoms with Crippen molar-refractivity contribution in [2.24, 2.45) is 0 Å². The highest BCUT2D eigenvalue weighted by Gasteiger charge is 2.19. The smallest absolute Gasteiger partial charge is 0.226 e. The third-order valence-electron chi connectivity index (χ3n) is 4.61. The van der Waals surface area contributed by atoms with Crippen molar-refractivity contribution < 1.29 is 18.4 Å². The van der Waals surface area contributed by atoms with Gasteiger partial charge in [-0.3, -0.25) is 9.36 Å². The highest BCUT2D eigenvalue weighted by Crippen LogP contribution is 2.30. The van der Waals surface area contributed by atoms with Gasteiger partial charge in [-0.05, 0) is 50.2 Å². The van der Waals surface area contributed by atoms with Gasteiger partial charge in [0.15, 0.2) is 16.8 Å². The molecule has 0 aliphatic carbocycles. The van der Waals surface area contributed by atoms with Gasteiger partial charge in [-0.15, -0.1) is 10.2 Å². The minimum absolute atomic E-state index is 0.207. The molecule has 33 heavy (non-hydrogen) atoms. The first-order valence-corrected chi connectivity index (χ1v) is 11.3. The highest BCUT2D eigenvalue weighted by atomic mass is 32.2. The number of nitrogens with one attached hydrogen (secondary N) is 1. The first kappa shape index (κ1) is 22.5. The van der Waals surface area contributed by atoms with E-state index in [1.807, 2.05) is 31.2 Å². The summed E-state index contributed by atoms with van der Waals surface area (Å²) in [6.45, 7) is 4.23. The Hall–Kier alpha value is -3.66. The molecule has 0 saturated carbocycles. The fourth-order valence-electron chi connectivity index (χ4n) is 3.13. The fourth-order valence-corrected chi connectivity index (χ4v) is 4.02. The molecule has 4 aromatic rings. The van der Waals surface area contributed by atoms with Gasteiger partial charge in [0.2, 0.25) is 5.91 Å². The Kier molecular flexibility index (Phi) is 7.04. The summed E-state index contributed by atoms with van der Waals surface area (Å²) >= 11 is 1.31. The molecule has 0 aliphatic rings. The van der Waals surface area contributed by atoms with Crippen LogP contribution in [0.2, 0.25) is 0 Å². The average Bonchev–Trinajstić information content (AvgIpc) is 3.41. The van der Waals surface area contributed by atoms with Gasteiger partial charge in [0.25, 0.3) is 0 Å². The van der Waals surface area contributed by atoms with Crippen LogP contribution in [-0.2, 0) is 4.79 Å². The zero-order chi connectivity index (χ0) is 23.2. The summed E-state index contributed by atoms with van der Waals surface area (Å²) in [5.41, 5.74) is 1.09. The average molecular weight is 468 g/mol. The molecule has 8 nitrogen and oxygen atoms in total. The molecule has 1 N–H and O–H groups in total. The Balaban J connectivity index is 1.55. The lowest BCUT2D eigenvalue weighted by Crippen LogP contribution is -2.12. The Morgan fingerprint density at radius 3 is 2.67 bits per heavy atom. The molecular formula is C23H22FN5O3S. The van der Waals surface area contributed by atoms with Crippen LogP contribution in [0.5, 0.6) is 5.75 Å². The molecule has 2 aromatic carbocycles. The molecule has 4 rings (SSSR count). The summed E-state index contributed by atoms with van der Waals surface area (Å²) in [5.74, 6) is 2.02. The van der Waals surface area contributed by atoms with E-state index in [0.717, 1.165) is 11.3 Å². The topological polar surface area (TPSA) is 95.1 Å². The first-order valence-electron chi connectivity index (χ1n) is 10.3. The second-order valence-corrected chi connectivity index (χ2v) is 8.08. The lowest BCUT2D eigenvalue weighted by molar-refractivity contribution is -0.115. The number of ether oxygens (including phenoxy) is 1. The van der Waals surface area contributed by atoms with E-state index in [9.17, 15) is 9.18 Å². The molecular weight excluding hydrogens is 445 g/mol. The molecule has 0 saturated heterocycles. The largest absolute Gasteiger partial charge is 0.494 e. The van der Waals surface area contributed by atoms with Crippen molar-refractivity contribution in [1.29, 1.82) is 0 Å². The number of para-hydroxylation sites is 1. The summed E-state index contributed by atoms with van der Waals surface area (Å²) in [7, 11) is 0. The summed E-state index contributed by atoms with van der Waals surface area (Å²) in [4.78, 5) is 12.2. The van der Waals surface area contributed by atoms with Crippen LogP contribution in [0.3, 0.4) is 0 Å². The Morgan fingerprint density at radius 1 is 1.18 bits per heavy atom. The fraction of sp³-hybridized carbons (Fsp3) is 0.217. The molecule has 0 radical (unpaired) electrons. The van der Waals surface area contributed by atoms with Gasteiger partial charge in [-0.2, -0.15) is 0 Å². The van der Waals surface area contributed by atoms with Gasteiger partial charge in [0.05, 0.1) is 12.3 Å². The molecule has 0 bridgehead atoms. The van der Waals surface area contributed by atoms with Crippen molar-refractivity contribution >= 4 is 23.5 Å². The van der Waals surface area contributed by atoms with E-state index in [4.69, 9.17) is 9.26 Å². The van der Waals surface area contributed by atoms with Crippen LogP contribution >= 0.6 is 11.8 Å². The van der Waals surface area contributed by atoms with Crippen molar-refractivity contribution in [2.45, 2.75) is 25.4 Å². The van der Waals surface area contributed by atoms with Crippen LogP contribution in [0.25, 0.3) is 17.1 Å². The van der Waals surface area contributed by atoms with Gasteiger partial charge in [-0.25, -0.2) is 4.39 Å². The van der Waals surface area contributed by atoms with Crippen LogP contribution in [0.1, 0.15) is 19.1 Å². The number of anilines is 1. The van der Waals surface area contributed by atoms with Crippen LogP contribution in [0, 0.1) is 12.7 Å². The summed E-state index contributed by atoms with van der Waals surface area (Å²) in [6, 6.07) is 15.5. The van der Waals surface area contributed by atoms with E-state index in [1.54, 1.807) is 35.8 Å². The summed E-state index contributed by atoms with van der Waals surface area (Å²) in [5, 5.41) is 15.5. The number of nitrogens with zero attached hydrogens (tertiary/aromatic N) is 4. The quantitative estimate of drug-likeness (QED) is 0.350. The third kappa shape index (κ3) is 5.40. The lowest BCUT2D eigenvalue weighted by atomic mass is 10.2. The van der Waals surface area contributed by atoms with Crippen molar-refractivity contribution in [2.75, 3.05) is 17.7 Å². The van der Waals surface area contributed by atoms with E-state index in [0.29, 0.717) is 40.6 Å². The Labute approximate surface area is 194 Å². The number of thioether (sulfide) groups is 1. The van der Waals surface area contributed by atoms with Crippen LogP contribution in [0.15, 0.2) is 64.3 Å². The lowest BCUT2D eigenvalue weighted by Gasteiger charge is -2.11. The monoisotopic (exact) mass is 467 g/mol.